The number of fused-ring (bicyclic) bond motifs is 1. The number of halogens is 1. The Labute approximate surface area is 198 Å². The van der Waals surface area contributed by atoms with Crippen molar-refractivity contribution >= 4 is 23.5 Å². The van der Waals surface area contributed by atoms with E-state index in [0.717, 1.165) is 40.8 Å². The third kappa shape index (κ3) is 5.93. The first kappa shape index (κ1) is 22.9. The van der Waals surface area contributed by atoms with Gasteiger partial charge in [0.1, 0.15) is 17.9 Å². The molecule has 3 aromatic rings. The van der Waals surface area contributed by atoms with Gasteiger partial charge in [0.05, 0.1) is 6.42 Å². The van der Waals surface area contributed by atoms with Crippen molar-refractivity contribution in [2.24, 2.45) is 0 Å². The highest BCUT2D eigenvalue weighted by Gasteiger charge is 2.35. The lowest BCUT2D eigenvalue weighted by Gasteiger charge is -2.24. The van der Waals surface area contributed by atoms with E-state index in [1.807, 2.05) is 72.8 Å². The average molecular weight is 464 g/mol. The summed E-state index contributed by atoms with van der Waals surface area (Å²) in [5, 5.41) is 9.99. The van der Waals surface area contributed by atoms with Crippen LogP contribution in [0.3, 0.4) is 0 Å². The second-order valence-electron chi connectivity index (χ2n) is 8.78. The highest BCUT2D eigenvalue weighted by atomic mass is 35.5. The van der Waals surface area contributed by atoms with E-state index in [-0.39, 0.29) is 31.0 Å². The summed E-state index contributed by atoms with van der Waals surface area (Å²) in [7, 11) is 0. The molecule has 1 heterocycles. The van der Waals surface area contributed by atoms with Gasteiger partial charge in [-0.1, -0.05) is 66.2 Å². The van der Waals surface area contributed by atoms with Gasteiger partial charge in [-0.15, -0.1) is 0 Å². The van der Waals surface area contributed by atoms with Crippen LogP contribution in [0.2, 0.25) is 5.02 Å². The highest BCUT2D eigenvalue weighted by molar-refractivity contribution is 6.30. The molecule has 33 heavy (non-hydrogen) atoms. The zero-order valence-electron chi connectivity index (χ0n) is 18.5. The second-order valence-corrected chi connectivity index (χ2v) is 9.22. The van der Waals surface area contributed by atoms with Crippen molar-refractivity contribution < 1.29 is 19.4 Å². The number of amides is 1. The van der Waals surface area contributed by atoms with Gasteiger partial charge in [-0.2, -0.15) is 0 Å². The molecule has 0 aliphatic carbocycles. The maximum atomic E-state index is 13.0. The molecule has 5 nitrogen and oxygen atoms in total. The molecule has 0 saturated carbocycles. The number of hydrogen-bond acceptors (Lipinski definition) is 3. The quantitative estimate of drug-likeness (QED) is 0.514. The number of hydrogen-bond donors (Lipinski definition) is 1. The Bertz CT molecular complexity index is 1150. The molecule has 1 aliphatic rings. The Kier molecular flexibility index (Phi) is 6.70. The minimum absolute atomic E-state index is 0.140. The summed E-state index contributed by atoms with van der Waals surface area (Å²) < 4.78 is 6.26. The van der Waals surface area contributed by atoms with Crippen LogP contribution in [-0.4, -0.2) is 34.0 Å². The summed E-state index contributed by atoms with van der Waals surface area (Å²) in [4.78, 5) is 25.7. The van der Waals surface area contributed by atoms with Crippen molar-refractivity contribution in [3.63, 3.8) is 0 Å². The van der Waals surface area contributed by atoms with Gasteiger partial charge in [0, 0.05) is 24.4 Å². The molecule has 0 aromatic heterocycles. The summed E-state index contributed by atoms with van der Waals surface area (Å²) in [6.45, 7) is 2.01. The lowest BCUT2D eigenvalue weighted by molar-refractivity contribution is -0.144. The van der Waals surface area contributed by atoms with E-state index >= 15 is 0 Å². The van der Waals surface area contributed by atoms with Crippen LogP contribution in [0.15, 0.2) is 72.8 Å². The fourth-order valence-corrected chi connectivity index (χ4v) is 4.43. The van der Waals surface area contributed by atoms with Crippen LogP contribution in [0.4, 0.5) is 0 Å². The molecule has 0 radical (unpaired) electrons. The molecule has 0 fully saturated rings. The Hall–Kier alpha value is -3.31. The molecule has 0 saturated heterocycles. The Morgan fingerprint density at radius 1 is 1.00 bits per heavy atom. The maximum Gasteiger partial charge on any atom is 0.323 e. The predicted molar refractivity (Wildman–Crippen MR) is 128 cm³/mol. The van der Waals surface area contributed by atoms with E-state index in [9.17, 15) is 14.7 Å². The summed E-state index contributed by atoms with van der Waals surface area (Å²) in [5.74, 6) is -0.419. The summed E-state index contributed by atoms with van der Waals surface area (Å²) in [6, 6.07) is 23.0. The number of carbonyl (C=O) groups is 2. The van der Waals surface area contributed by atoms with Crippen LogP contribution in [0.1, 0.15) is 29.2 Å². The lowest BCUT2D eigenvalue weighted by Crippen LogP contribution is -2.36. The SMILES string of the molecule is C[C@]1(Cc2ccc(Cl)cc2)Cc2cc(CC(=O)N(CC(=O)O)Cc3ccccc3)ccc2O1. The van der Waals surface area contributed by atoms with Crippen LogP contribution in [0, 0.1) is 0 Å². The second kappa shape index (κ2) is 9.67. The van der Waals surface area contributed by atoms with Gasteiger partial charge in [-0.3, -0.25) is 9.59 Å². The van der Waals surface area contributed by atoms with Gasteiger partial charge in [0.15, 0.2) is 0 Å². The van der Waals surface area contributed by atoms with Crippen LogP contribution in [0.25, 0.3) is 0 Å². The molecule has 1 amide bonds. The van der Waals surface area contributed by atoms with E-state index in [1.54, 1.807) is 0 Å². The summed E-state index contributed by atoms with van der Waals surface area (Å²) in [6.07, 6.45) is 1.62. The zero-order valence-corrected chi connectivity index (χ0v) is 19.2. The van der Waals surface area contributed by atoms with E-state index in [1.165, 1.54) is 4.90 Å². The summed E-state index contributed by atoms with van der Waals surface area (Å²) >= 11 is 6.00. The standard InChI is InChI=1S/C27H26ClNO4/c1-27(15-19-7-10-23(28)11-8-19)16-22-13-21(9-12-24(22)33-27)14-25(30)29(18-26(31)32)17-20-5-3-2-4-6-20/h2-13H,14-18H2,1H3,(H,31,32)/t27-/m0/s1. The highest BCUT2D eigenvalue weighted by Crippen LogP contribution is 2.37. The van der Waals surface area contributed by atoms with E-state index in [2.05, 4.69) is 6.92 Å². The van der Waals surface area contributed by atoms with Gasteiger partial charge in [-0.25, -0.2) is 0 Å². The minimum Gasteiger partial charge on any atom is -0.487 e. The molecule has 0 bridgehead atoms. The van der Waals surface area contributed by atoms with Crippen LogP contribution in [-0.2, 0) is 35.4 Å². The van der Waals surface area contributed by atoms with E-state index in [0.29, 0.717) is 5.02 Å². The predicted octanol–water partition coefficient (Wildman–Crippen LogP) is 4.93. The lowest BCUT2D eigenvalue weighted by atomic mass is 9.91. The average Bonchev–Trinajstić information content (AvgIpc) is 3.10. The Morgan fingerprint density at radius 2 is 1.70 bits per heavy atom. The van der Waals surface area contributed by atoms with E-state index in [4.69, 9.17) is 16.3 Å². The minimum atomic E-state index is -1.03. The summed E-state index contributed by atoms with van der Waals surface area (Å²) in [5.41, 5.74) is 3.58. The smallest absolute Gasteiger partial charge is 0.323 e. The third-order valence-corrected chi connectivity index (χ3v) is 6.04. The number of carboxylic acid groups (broad SMARTS) is 1. The molecule has 0 unspecified atom stereocenters. The number of rotatable bonds is 8. The van der Waals surface area contributed by atoms with Gasteiger partial charge in [0.2, 0.25) is 5.91 Å². The molecule has 0 spiro atoms. The number of benzene rings is 3. The fourth-order valence-electron chi connectivity index (χ4n) is 4.30. The Morgan fingerprint density at radius 3 is 2.39 bits per heavy atom. The van der Waals surface area contributed by atoms with Crippen LogP contribution >= 0.6 is 11.6 Å². The van der Waals surface area contributed by atoms with Crippen LogP contribution < -0.4 is 4.74 Å². The first-order valence-corrected chi connectivity index (χ1v) is 11.3. The van der Waals surface area contributed by atoms with Gasteiger partial charge >= 0.3 is 5.97 Å². The first-order valence-electron chi connectivity index (χ1n) is 10.9. The molecular weight excluding hydrogens is 438 g/mol. The normalized spacial score (nSPS) is 16.7. The molecule has 3 aromatic carbocycles. The van der Waals surface area contributed by atoms with Crippen molar-refractivity contribution in [2.45, 2.75) is 38.3 Å². The fraction of sp³-hybridized carbons (Fsp3) is 0.259. The maximum absolute atomic E-state index is 13.0. The van der Waals surface area contributed by atoms with Crippen molar-refractivity contribution in [3.8, 4) is 5.75 Å². The van der Waals surface area contributed by atoms with Gasteiger partial charge in [0.25, 0.3) is 0 Å². The van der Waals surface area contributed by atoms with E-state index < -0.39 is 5.97 Å². The topological polar surface area (TPSA) is 66.8 Å². The molecule has 1 N–H and O–H groups in total. The number of carboxylic acids is 1. The van der Waals surface area contributed by atoms with Crippen molar-refractivity contribution in [2.75, 3.05) is 6.54 Å². The van der Waals surface area contributed by atoms with Gasteiger partial charge in [-0.05, 0) is 47.4 Å². The number of carbonyl (C=O) groups excluding carboxylic acids is 1. The number of aliphatic carboxylic acids is 1. The zero-order chi connectivity index (χ0) is 23.4. The Balaban J connectivity index is 1.44. The van der Waals surface area contributed by atoms with Gasteiger partial charge < -0.3 is 14.7 Å². The molecule has 1 aliphatic heterocycles. The molecule has 1 atom stereocenters. The molecule has 4 rings (SSSR count). The number of nitrogens with zero attached hydrogens (tertiary/aromatic N) is 1. The van der Waals surface area contributed by atoms with Crippen molar-refractivity contribution in [3.05, 3.63) is 100 Å². The molecular formula is C27H26ClNO4. The number of ether oxygens (including phenoxy) is 1. The first-order chi connectivity index (χ1) is 15.8. The van der Waals surface area contributed by atoms with Crippen molar-refractivity contribution in [1.82, 2.24) is 4.90 Å². The van der Waals surface area contributed by atoms with Crippen LogP contribution in [0.5, 0.6) is 5.75 Å². The largest absolute Gasteiger partial charge is 0.487 e. The molecule has 170 valence electrons. The monoisotopic (exact) mass is 463 g/mol. The third-order valence-electron chi connectivity index (χ3n) is 5.79. The van der Waals surface area contributed by atoms with Crippen molar-refractivity contribution in [1.29, 1.82) is 0 Å². The molecule has 6 heteroatoms.